The largest absolute Gasteiger partial charge is 0.481 e. The number of carbonyl (C=O) groups is 1. The monoisotopic (exact) mass is 357 g/mol. The van der Waals surface area contributed by atoms with Gasteiger partial charge in [-0.15, -0.1) is 0 Å². The summed E-state index contributed by atoms with van der Waals surface area (Å²) in [6.45, 7) is 3.33. The zero-order chi connectivity index (χ0) is 17.9. The Hall–Kier alpha value is -2.21. The Bertz CT molecular complexity index is 747. The number of alkyl halides is 3. The topological polar surface area (TPSA) is 38.3 Å². The maximum Gasteiger partial charge on any atom is 0.416 e. The number of ether oxygens (including phenoxy) is 1. The highest BCUT2D eigenvalue weighted by atomic mass is 35.5. The predicted octanol–water partition coefficient (Wildman–Crippen LogP) is 5.07. The van der Waals surface area contributed by atoms with Crippen molar-refractivity contribution in [1.29, 1.82) is 0 Å². The number of rotatable bonds is 4. The van der Waals surface area contributed by atoms with Crippen LogP contribution in [0.15, 0.2) is 42.5 Å². The minimum Gasteiger partial charge on any atom is -0.481 e. The fourth-order valence-electron chi connectivity index (χ4n) is 1.96. The molecule has 2 aromatic carbocycles. The van der Waals surface area contributed by atoms with Gasteiger partial charge in [-0.2, -0.15) is 13.2 Å². The number of anilines is 1. The number of carbonyl (C=O) groups excluding carboxylic acids is 1. The summed E-state index contributed by atoms with van der Waals surface area (Å²) in [5.41, 5.74) is -0.166. The molecule has 0 spiro atoms. The Balaban J connectivity index is 2.13. The van der Waals surface area contributed by atoms with Crippen LogP contribution in [0.25, 0.3) is 0 Å². The minimum absolute atomic E-state index is 0.0134. The lowest BCUT2D eigenvalue weighted by atomic mass is 10.2. The molecule has 0 aliphatic heterocycles. The van der Waals surface area contributed by atoms with Crippen LogP contribution in [0, 0.1) is 6.92 Å². The second-order valence-corrected chi connectivity index (χ2v) is 5.61. The maximum atomic E-state index is 12.7. The molecule has 24 heavy (non-hydrogen) atoms. The first-order valence-corrected chi connectivity index (χ1v) is 7.46. The van der Waals surface area contributed by atoms with Gasteiger partial charge in [0.2, 0.25) is 0 Å². The van der Waals surface area contributed by atoms with Gasteiger partial charge in [0, 0.05) is 0 Å². The van der Waals surface area contributed by atoms with E-state index >= 15 is 0 Å². The van der Waals surface area contributed by atoms with Crippen molar-refractivity contribution < 1.29 is 22.7 Å². The Labute approximate surface area is 142 Å². The number of para-hydroxylation sites is 1. The van der Waals surface area contributed by atoms with Crippen LogP contribution >= 0.6 is 11.6 Å². The van der Waals surface area contributed by atoms with Crippen molar-refractivity contribution in [2.45, 2.75) is 26.1 Å². The average Bonchev–Trinajstić information content (AvgIpc) is 2.50. The number of aryl methyl sites for hydroxylation is 1. The molecule has 1 N–H and O–H groups in total. The predicted molar refractivity (Wildman–Crippen MR) is 86.4 cm³/mol. The third-order valence-corrected chi connectivity index (χ3v) is 3.65. The van der Waals surface area contributed by atoms with Gasteiger partial charge in [-0.3, -0.25) is 4.79 Å². The van der Waals surface area contributed by atoms with E-state index in [0.29, 0.717) is 5.75 Å². The smallest absolute Gasteiger partial charge is 0.416 e. The Morgan fingerprint density at radius 1 is 1.21 bits per heavy atom. The van der Waals surface area contributed by atoms with E-state index in [2.05, 4.69) is 5.32 Å². The van der Waals surface area contributed by atoms with Gasteiger partial charge in [-0.25, -0.2) is 0 Å². The van der Waals surface area contributed by atoms with Gasteiger partial charge in [0.25, 0.3) is 5.91 Å². The minimum atomic E-state index is -4.52. The van der Waals surface area contributed by atoms with Gasteiger partial charge in [0.05, 0.1) is 16.3 Å². The second kappa shape index (κ2) is 7.13. The highest BCUT2D eigenvalue weighted by Gasteiger charge is 2.31. The number of amides is 1. The molecule has 0 saturated carbocycles. The zero-order valence-electron chi connectivity index (χ0n) is 12.9. The highest BCUT2D eigenvalue weighted by molar-refractivity contribution is 6.33. The van der Waals surface area contributed by atoms with E-state index in [1.54, 1.807) is 12.1 Å². The van der Waals surface area contributed by atoms with E-state index in [0.717, 1.165) is 23.8 Å². The van der Waals surface area contributed by atoms with Crippen molar-refractivity contribution in [1.82, 2.24) is 0 Å². The molecule has 2 rings (SSSR count). The first-order valence-electron chi connectivity index (χ1n) is 7.08. The molecule has 128 valence electrons. The van der Waals surface area contributed by atoms with Crippen LogP contribution in [0.2, 0.25) is 5.02 Å². The van der Waals surface area contributed by atoms with E-state index < -0.39 is 23.8 Å². The number of hydrogen-bond acceptors (Lipinski definition) is 2. The quantitative estimate of drug-likeness (QED) is 0.829. The van der Waals surface area contributed by atoms with Crippen molar-refractivity contribution in [3.63, 3.8) is 0 Å². The van der Waals surface area contributed by atoms with Gasteiger partial charge >= 0.3 is 6.18 Å². The SMILES string of the molecule is Cc1ccccc1O[C@H](C)C(=O)Nc1cc(C(F)(F)F)ccc1Cl. The third-order valence-electron chi connectivity index (χ3n) is 3.32. The summed E-state index contributed by atoms with van der Waals surface area (Å²) in [4.78, 5) is 12.2. The first kappa shape index (κ1) is 18.1. The zero-order valence-corrected chi connectivity index (χ0v) is 13.7. The fourth-order valence-corrected chi connectivity index (χ4v) is 2.13. The molecule has 0 fully saturated rings. The van der Waals surface area contributed by atoms with Crippen molar-refractivity contribution >= 4 is 23.2 Å². The summed E-state index contributed by atoms with van der Waals surface area (Å²) in [6.07, 6.45) is -5.43. The summed E-state index contributed by atoms with van der Waals surface area (Å²) < 4.78 is 43.8. The van der Waals surface area contributed by atoms with Crippen LogP contribution in [0.3, 0.4) is 0 Å². The van der Waals surface area contributed by atoms with Gasteiger partial charge < -0.3 is 10.1 Å². The van der Waals surface area contributed by atoms with Crippen molar-refractivity contribution in [2.24, 2.45) is 0 Å². The lowest BCUT2D eigenvalue weighted by Gasteiger charge is -2.17. The molecule has 0 unspecified atom stereocenters. The lowest BCUT2D eigenvalue weighted by molar-refractivity contribution is -0.137. The standard InChI is InChI=1S/C17H15ClF3NO2/c1-10-5-3-4-6-15(10)24-11(2)16(23)22-14-9-12(17(19,20)21)7-8-13(14)18/h3-9,11H,1-2H3,(H,22,23)/t11-/m1/s1. The van der Waals surface area contributed by atoms with Crippen molar-refractivity contribution in [3.8, 4) is 5.75 Å². The Morgan fingerprint density at radius 3 is 2.50 bits per heavy atom. The van der Waals surface area contributed by atoms with E-state index in [1.165, 1.54) is 6.92 Å². The van der Waals surface area contributed by atoms with Crippen molar-refractivity contribution in [2.75, 3.05) is 5.32 Å². The Kier molecular flexibility index (Phi) is 5.39. The maximum absolute atomic E-state index is 12.7. The molecular formula is C17H15ClF3NO2. The molecule has 2 aromatic rings. The van der Waals surface area contributed by atoms with Crippen LogP contribution in [-0.2, 0) is 11.0 Å². The highest BCUT2D eigenvalue weighted by Crippen LogP contribution is 2.34. The van der Waals surface area contributed by atoms with Crippen LogP contribution in [0.4, 0.5) is 18.9 Å². The molecule has 0 heterocycles. The van der Waals surface area contributed by atoms with Crippen LogP contribution < -0.4 is 10.1 Å². The number of hydrogen-bond donors (Lipinski definition) is 1. The normalized spacial score (nSPS) is 12.6. The summed E-state index contributed by atoms with van der Waals surface area (Å²) in [5, 5.41) is 2.38. The molecule has 0 aliphatic carbocycles. The van der Waals surface area contributed by atoms with Gasteiger partial charge in [0.15, 0.2) is 6.10 Å². The average molecular weight is 358 g/mol. The molecule has 7 heteroatoms. The van der Waals surface area contributed by atoms with E-state index in [4.69, 9.17) is 16.3 Å². The molecular weight excluding hydrogens is 343 g/mol. The molecule has 0 bridgehead atoms. The summed E-state index contributed by atoms with van der Waals surface area (Å²) in [6, 6.07) is 9.85. The second-order valence-electron chi connectivity index (χ2n) is 5.21. The van der Waals surface area contributed by atoms with E-state index in [-0.39, 0.29) is 10.7 Å². The molecule has 0 radical (unpaired) electrons. The third kappa shape index (κ3) is 4.41. The summed E-state index contributed by atoms with van der Waals surface area (Å²) in [5.74, 6) is -0.0743. The van der Waals surface area contributed by atoms with Crippen molar-refractivity contribution in [3.05, 3.63) is 58.6 Å². The lowest BCUT2D eigenvalue weighted by Crippen LogP contribution is -2.30. The molecule has 0 aromatic heterocycles. The molecule has 1 amide bonds. The van der Waals surface area contributed by atoms with Gasteiger partial charge in [-0.05, 0) is 43.7 Å². The summed E-state index contributed by atoms with van der Waals surface area (Å²) in [7, 11) is 0. The van der Waals surface area contributed by atoms with Gasteiger partial charge in [-0.1, -0.05) is 29.8 Å². The molecule has 3 nitrogen and oxygen atoms in total. The van der Waals surface area contributed by atoms with E-state index in [9.17, 15) is 18.0 Å². The molecule has 0 saturated heterocycles. The number of nitrogens with one attached hydrogen (secondary N) is 1. The van der Waals surface area contributed by atoms with Gasteiger partial charge in [0.1, 0.15) is 5.75 Å². The molecule has 1 atom stereocenters. The summed E-state index contributed by atoms with van der Waals surface area (Å²) >= 11 is 5.86. The van der Waals surface area contributed by atoms with Crippen LogP contribution in [0.5, 0.6) is 5.75 Å². The molecule has 0 aliphatic rings. The number of halogens is 4. The first-order chi connectivity index (χ1) is 11.2. The van der Waals surface area contributed by atoms with E-state index in [1.807, 2.05) is 19.1 Å². The van der Waals surface area contributed by atoms with Crippen LogP contribution in [0.1, 0.15) is 18.1 Å². The van der Waals surface area contributed by atoms with Crippen LogP contribution in [-0.4, -0.2) is 12.0 Å². The number of benzene rings is 2. The Morgan fingerprint density at radius 2 is 1.88 bits per heavy atom. The fraction of sp³-hybridized carbons (Fsp3) is 0.235.